The molecule has 0 bridgehead atoms. The minimum Gasteiger partial charge on any atom is -0.467 e. The quantitative estimate of drug-likeness (QED) is 0.717. The van der Waals surface area contributed by atoms with Gasteiger partial charge in [-0.2, -0.15) is 0 Å². The smallest absolute Gasteiger partial charge is 0.125 e. The molecule has 0 saturated heterocycles. The van der Waals surface area contributed by atoms with Gasteiger partial charge in [0.25, 0.3) is 0 Å². The number of hydrogen-bond acceptors (Lipinski definition) is 3. The molecule has 0 fully saturated rings. The summed E-state index contributed by atoms with van der Waals surface area (Å²) < 4.78 is 5.63. The summed E-state index contributed by atoms with van der Waals surface area (Å²) in [6, 6.07) is 22.3. The molecule has 0 amide bonds. The summed E-state index contributed by atoms with van der Waals surface area (Å²) in [6.07, 6.45) is 1.70. The molecule has 0 radical (unpaired) electrons. The van der Waals surface area contributed by atoms with E-state index in [9.17, 15) is 5.11 Å². The summed E-state index contributed by atoms with van der Waals surface area (Å²) in [6.45, 7) is 2.18. The van der Waals surface area contributed by atoms with E-state index in [-0.39, 0.29) is 18.7 Å². The molecule has 3 aromatic rings. The molecule has 0 saturated carbocycles. The number of furan rings is 1. The van der Waals surface area contributed by atoms with Gasteiger partial charge < -0.3 is 9.52 Å². The Morgan fingerprint density at radius 2 is 1.74 bits per heavy atom. The molecule has 2 aromatic carbocycles. The van der Waals surface area contributed by atoms with Gasteiger partial charge in [0.15, 0.2) is 0 Å². The number of hydrogen-bond donors (Lipinski definition) is 2. The number of benzene rings is 2. The largest absolute Gasteiger partial charge is 0.467 e. The summed E-state index contributed by atoms with van der Waals surface area (Å²) in [4.78, 5) is 0. The van der Waals surface area contributed by atoms with Crippen molar-refractivity contribution in [1.82, 2.24) is 5.32 Å². The fourth-order valence-corrected chi connectivity index (χ4v) is 2.75. The van der Waals surface area contributed by atoms with Gasteiger partial charge in [0, 0.05) is 6.04 Å². The first-order valence-electron chi connectivity index (χ1n) is 7.82. The van der Waals surface area contributed by atoms with Gasteiger partial charge in [0.2, 0.25) is 0 Å². The lowest BCUT2D eigenvalue weighted by atomic mass is 10.0. The summed E-state index contributed by atoms with van der Waals surface area (Å²) in [5.74, 6) is 0.890. The Balaban J connectivity index is 1.86. The molecule has 0 aliphatic carbocycles. The molecule has 0 aliphatic heterocycles. The maximum Gasteiger partial charge on any atom is 0.125 e. The second kappa shape index (κ2) is 7.27. The Kier molecular flexibility index (Phi) is 4.91. The minimum absolute atomic E-state index is 0.0148. The normalized spacial score (nSPS) is 13.7. The lowest BCUT2D eigenvalue weighted by Gasteiger charge is -2.23. The fraction of sp³-hybridized carbons (Fsp3) is 0.200. The number of rotatable bonds is 6. The van der Waals surface area contributed by atoms with E-state index < -0.39 is 0 Å². The molecule has 1 heterocycles. The Labute approximate surface area is 136 Å². The summed E-state index contributed by atoms with van der Waals surface area (Å²) in [5.41, 5.74) is 3.22. The SMILES string of the molecule is CC(NC(c1ccccc1)c1ccco1)c1cccc(CO)c1. The summed E-state index contributed by atoms with van der Waals surface area (Å²) >= 11 is 0. The van der Waals surface area contributed by atoms with Crippen molar-refractivity contribution in [3.8, 4) is 0 Å². The van der Waals surface area contributed by atoms with Gasteiger partial charge in [-0.1, -0.05) is 54.6 Å². The van der Waals surface area contributed by atoms with E-state index in [1.807, 2.05) is 48.5 Å². The molecule has 1 aromatic heterocycles. The Hall–Kier alpha value is -2.36. The molecule has 0 spiro atoms. The molecule has 118 valence electrons. The monoisotopic (exact) mass is 307 g/mol. The van der Waals surface area contributed by atoms with Crippen molar-refractivity contribution in [2.45, 2.75) is 25.6 Å². The zero-order chi connectivity index (χ0) is 16.1. The third kappa shape index (κ3) is 3.70. The van der Waals surface area contributed by atoms with Crippen LogP contribution in [0.5, 0.6) is 0 Å². The van der Waals surface area contributed by atoms with Gasteiger partial charge in [-0.3, -0.25) is 5.32 Å². The van der Waals surface area contributed by atoms with Crippen LogP contribution in [0, 0.1) is 0 Å². The zero-order valence-electron chi connectivity index (χ0n) is 13.1. The van der Waals surface area contributed by atoms with Gasteiger partial charge in [-0.15, -0.1) is 0 Å². The van der Waals surface area contributed by atoms with Crippen molar-refractivity contribution >= 4 is 0 Å². The van der Waals surface area contributed by atoms with Crippen LogP contribution in [0.3, 0.4) is 0 Å². The van der Waals surface area contributed by atoms with Gasteiger partial charge in [0.1, 0.15) is 5.76 Å². The average molecular weight is 307 g/mol. The Morgan fingerprint density at radius 1 is 0.957 bits per heavy atom. The van der Waals surface area contributed by atoms with Crippen molar-refractivity contribution in [3.63, 3.8) is 0 Å². The van der Waals surface area contributed by atoms with Crippen molar-refractivity contribution in [2.24, 2.45) is 0 Å². The molecule has 2 N–H and O–H groups in total. The second-order valence-corrected chi connectivity index (χ2v) is 5.65. The predicted octanol–water partition coefficient (Wildman–Crippen LogP) is 4.21. The number of aliphatic hydroxyl groups is 1. The van der Waals surface area contributed by atoms with Crippen LogP contribution < -0.4 is 5.32 Å². The van der Waals surface area contributed by atoms with E-state index in [4.69, 9.17) is 4.42 Å². The standard InChI is InChI=1S/C20H21NO2/c1-15(18-10-5-7-16(13-18)14-22)21-20(19-11-6-12-23-19)17-8-3-2-4-9-17/h2-13,15,20-22H,14H2,1H3. The molecular weight excluding hydrogens is 286 g/mol. The molecule has 3 rings (SSSR count). The average Bonchev–Trinajstić information content (AvgIpc) is 3.14. The predicted molar refractivity (Wildman–Crippen MR) is 90.9 cm³/mol. The van der Waals surface area contributed by atoms with Gasteiger partial charge in [0.05, 0.1) is 18.9 Å². The van der Waals surface area contributed by atoms with Crippen LogP contribution >= 0.6 is 0 Å². The third-order valence-electron chi connectivity index (χ3n) is 4.01. The molecule has 23 heavy (non-hydrogen) atoms. The van der Waals surface area contributed by atoms with E-state index >= 15 is 0 Å². The van der Waals surface area contributed by atoms with Crippen molar-refractivity contribution in [2.75, 3.05) is 0 Å². The first-order chi connectivity index (χ1) is 11.3. The minimum atomic E-state index is -0.0148. The topological polar surface area (TPSA) is 45.4 Å². The van der Waals surface area contributed by atoms with Crippen LogP contribution in [-0.2, 0) is 6.61 Å². The fourth-order valence-electron chi connectivity index (χ4n) is 2.75. The van der Waals surface area contributed by atoms with E-state index in [2.05, 4.69) is 30.4 Å². The molecular formula is C20H21NO2. The molecule has 3 nitrogen and oxygen atoms in total. The first kappa shape index (κ1) is 15.5. The molecule has 2 atom stereocenters. The number of nitrogens with one attached hydrogen (secondary N) is 1. The lowest BCUT2D eigenvalue weighted by Crippen LogP contribution is -2.25. The third-order valence-corrected chi connectivity index (χ3v) is 4.01. The van der Waals surface area contributed by atoms with Crippen LogP contribution in [0.4, 0.5) is 0 Å². The van der Waals surface area contributed by atoms with Crippen molar-refractivity contribution in [1.29, 1.82) is 0 Å². The van der Waals surface area contributed by atoms with Gasteiger partial charge in [-0.25, -0.2) is 0 Å². The van der Waals surface area contributed by atoms with Gasteiger partial charge >= 0.3 is 0 Å². The van der Waals surface area contributed by atoms with Crippen molar-refractivity contribution < 1.29 is 9.52 Å². The maximum atomic E-state index is 9.32. The molecule has 3 heteroatoms. The second-order valence-electron chi connectivity index (χ2n) is 5.65. The van der Waals surface area contributed by atoms with Crippen LogP contribution in [0.1, 0.15) is 41.5 Å². The van der Waals surface area contributed by atoms with Gasteiger partial charge in [-0.05, 0) is 35.7 Å². The highest BCUT2D eigenvalue weighted by Crippen LogP contribution is 2.26. The first-order valence-corrected chi connectivity index (χ1v) is 7.82. The van der Waals surface area contributed by atoms with E-state index in [0.29, 0.717) is 0 Å². The van der Waals surface area contributed by atoms with Crippen LogP contribution in [0.2, 0.25) is 0 Å². The van der Waals surface area contributed by atoms with Crippen LogP contribution in [0.25, 0.3) is 0 Å². The highest BCUT2D eigenvalue weighted by atomic mass is 16.3. The van der Waals surface area contributed by atoms with E-state index in [1.165, 1.54) is 0 Å². The number of aliphatic hydroxyl groups excluding tert-OH is 1. The summed E-state index contributed by atoms with van der Waals surface area (Å²) in [5, 5.41) is 12.9. The maximum absolute atomic E-state index is 9.32. The van der Waals surface area contributed by atoms with Crippen molar-refractivity contribution in [3.05, 3.63) is 95.4 Å². The lowest BCUT2D eigenvalue weighted by molar-refractivity contribution is 0.281. The Morgan fingerprint density at radius 3 is 2.43 bits per heavy atom. The zero-order valence-corrected chi connectivity index (χ0v) is 13.1. The molecule has 2 unspecified atom stereocenters. The van der Waals surface area contributed by atoms with E-state index in [1.54, 1.807) is 6.26 Å². The Bertz CT molecular complexity index is 722. The molecule has 0 aliphatic rings. The van der Waals surface area contributed by atoms with Crippen LogP contribution in [-0.4, -0.2) is 5.11 Å². The highest BCUT2D eigenvalue weighted by Gasteiger charge is 2.19. The highest BCUT2D eigenvalue weighted by molar-refractivity contribution is 5.29. The van der Waals surface area contributed by atoms with Crippen LogP contribution in [0.15, 0.2) is 77.4 Å². The van der Waals surface area contributed by atoms with E-state index in [0.717, 1.165) is 22.5 Å². The summed E-state index contributed by atoms with van der Waals surface area (Å²) in [7, 11) is 0.